The van der Waals surface area contributed by atoms with Gasteiger partial charge in [0, 0.05) is 0 Å². The molecular formula is C24H19ClN2O3. The minimum Gasteiger partial charge on any atom is -0.457 e. The maximum absolute atomic E-state index is 13.0. The summed E-state index contributed by atoms with van der Waals surface area (Å²) in [6.07, 6.45) is 1.41. The Morgan fingerprint density at radius 3 is 2.00 bits per heavy atom. The van der Waals surface area contributed by atoms with Crippen LogP contribution in [-0.4, -0.2) is 9.78 Å². The second-order valence-corrected chi connectivity index (χ2v) is 7.28. The molecule has 0 aliphatic heterocycles. The van der Waals surface area contributed by atoms with E-state index in [-0.39, 0.29) is 10.8 Å². The topological polar surface area (TPSA) is 53.4 Å². The van der Waals surface area contributed by atoms with Gasteiger partial charge in [0.25, 0.3) is 0 Å². The van der Waals surface area contributed by atoms with E-state index in [1.807, 2.05) is 62.4 Å². The molecule has 0 atom stereocenters. The molecule has 0 unspecified atom stereocenters. The first kappa shape index (κ1) is 19.7. The quantitative estimate of drug-likeness (QED) is 0.393. The van der Waals surface area contributed by atoms with Crippen LogP contribution >= 0.6 is 11.6 Å². The molecule has 0 radical (unpaired) electrons. The lowest BCUT2D eigenvalue weighted by atomic mass is 10.1. The molecule has 5 nitrogen and oxygen atoms in total. The fourth-order valence-electron chi connectivity index (χ4n) is 3.09. The van der Waals surface area contributed by atoms with Crippen molar-refractivity contribution in [1.29, 1.82) is 0 Å². The SMILES string of the molecule is Cc1cc(C)cc(-n2ncc(Cl)c(Oc3ccc(Oc4ccccc4)cc3)c2=O)c1. The summed E-state index contributed by atoms with van der Waals surface area (Å²) in [7, 11) is 0. The number of nitrogens with zero attached hydrogens (tertiary/aromatic N) is 2. The highest BCUT2D eigenvalue weighted by Crippen LogP contribution is 2.28. The van der Waals surface area contributed by atoms with Crippen molar-refractivity contribution < 1.29 is 9.47 Å². The van der Waals surface area contributed by atoms with Crippen LogP contribution in [0.2, 0.25) is 5.02 Å². The Hall–Kier alpha value is -3.57. The second kappa shape index (κ2) is 8.43. The van der Waals surface area contributed by atoms with Crippen LogP contribution in [0.3, 0.4) is 0 Å². The Kier molecular flexibility index (Phi) is 5.55. The maximum atomic E-state index is 13.0. The molecule has 0 aliphatic rings. The van der Waals surface area contributed by atoms with Gasteiger partial charge in [-0.3, -0.25) is 4.79 Å². The lowest BCUT2D eigenvalue weighted by Crippen LogP contribution is -2.22. The van der Waals surface area contributed by atoms with Crippen LogP contribution in [0.25, 0.3) is 5.69 Å². The normalized spacial score (nSPS) is 10.6. The molecule has 0 aliphatic carbocycles. The van der Waals surface area contributed by atoms with Crippen molar-refractivity contribution in [2.75, 3.05) is 0 Å². The van der Waals surface area contributed by atoms with E-state index in [1.54, 1.807) is 24.3 Å². The van der Waals surface area contributed by atoms with Gasteiger partial charge in [-0.1, -0.05) is 35.9 Å². The average molecular weight is 419 g/mol. The standard InChI is InChI=1S/C24H19ClN2O3/c1-16-12-17(2)14-18(13-16)27-24(28)23(22(25)15-26-27)30-21-10-8-20(9-11-21)29-19-6-4-3-5-7-19/h3-15H,1-2H3. The number of aromatic nitrogens is 2. The molecule has 4 rings (SSSR count). The lowest BCUT2D eigenvalue weighted by molar-refractivity contribution is 0.460. The van der Waals surface area contributed by atoms with Gasteiger partial charge in [0.05, 0.1) is 11.9 Å². The Labute approximate surface area is 179 Å². The summed E-state index contributed by atoms with van der Waals surface area (Å²) < 4.78 is 12.9. The highest BCUT2D eigenvalue weighted by atomic mass is 35.5. The van der Waals surface area contributed by atoms with Gasteiger partial charge in [0.15, 0.2) is 0 Å². The van der Waals surface area contributed by atoms with Gasteiger partial charge >= 0.3 is 5.56 Å². The molecule has 0 bridgehead atoms. The number of benzene rings is 3. The predicted octanol–water partition coefficient (Wildman–Crippen LogP) is 6.09. The third kappa shape index (κ3) is 4.36. The van der Waals surface area contributed by atoms with Crippen molar-refractivity contribution in [3.05, 3.63) is 105 Å². The van der Waals surface area contributed by atoms with Crippen LogP contribution in [0, 0.1) is 13.8 Å². The molecule has 6 heteroatoms. The summed E-state index contributed by atoms with van der Waals surface area (Å²) in [5.74, 6) is 1.87. The van der Waals surface area contributed by atoms with Crippen molar-refractivity contribution in [1.82, 2.24) is 9.78 Å². The monoisotopic (exact) mass is 418 g/mol. The second-order valence-electron chi connectivity index (χ2n) is 6.87. The zero-order valence-electron chi connectivity index (χ0n) is 16.5. The van der Waals surface area contributed by atoms with E-state index >= 15 is 0 Å². The van der Waals surface area contributed by atoms with Crippen LogP contribution in [0.4, 0.5) is 0 Å². The van der Waals surface area contributed by atoms with Gasteiger partial charge in [0.1, 0.15) is 22.3 Å². The van der Waals surface area contributed by atoms with E-state index in [4.69, 9.17) is 21.1 Å². The number of hydrogen-bond donors (Lipinski definition) is 0. The average Bonchev–Trinajstić information content (AvgIpc) is 2.72. The van der Waals surface area contributed by atoms with Crippen LogP contribution in [0.15, 0.2) is 83.8 Å². The zero-order valence-corrected chi connectivity index (χ0v) is 17.3. The summed E-state index contributed by atoms with van der Waals surface area (Å²) >= 11 is 6.21. The van der Waals surface area contributed by atoms with E-state index in [9.17, 15) is 4.79 Å². The summed E-state index contributed by atoms with van der Waals surface area (Å²) in [6.45, 7) is 3.93. The molecule has 1 heterocycles. The maximum Gasteiger partial charge on any atom is 0.316 e. The van der Waals surface area contributed by atoms with E-state index in [1.165, 1.54) is 10.9 Å². The van der Waals surface area contributed by atoms with E-state index in [2.05, 4.69) is 5.10 Å². The number of hydrogen-bond acceptors (Lipinski definition) is 4. The summed E-state index contributed by atoms with van der Waals surface area (Å²) in [6, 6.07) is 22.2. The van der Waals surface area contributed by atoms with Crippen molar-refractivity contribution >= 4 is 11.6 Å². The fraction of sp³-hybridized carbons (Fsp3) is 0.0833. The summed E-state index contributed by atoms with van der Waals surface area (Å²) in [4.78, 5) is 13.0. The van der Waals surface area contributed by atoms with Crippen molar-refractivity contribution in [3.8, 4) is 28.7 Å². The Morgan fingerprint density at radius 1 is 0.800 bits per heavy atom. The number of ether oxygens (including phenoxy) is 2. The van der Waals surface area contributed by atoms with Gasteiger partial charge in [-0.2, -0.15) is 9.78 Å². The molecule has 4 aromatic rings. The number of rotatable bonds is 5. The zero-order chi connectivity index (χ0) is 21.1. The molecule has 1 aromatic heterocycles. The van der Waals surface area contributed by atoms with Crippen LogP contribution < -0.4 is 15.0 Å². The predicted molar refractivity (Wildman–Crippen MR) is 117 cm³/mol. The van der Waals surface area contributed by atoms with E-state index < -0.39 is 5.56 Å². The van der Waals surface area contributed by atoms with Gasteiger partial charge in [-0.25, -0.2) is 0 Å². The molecule has 0 saturated heterocycles. The highest BCUT2D eigenvalue weighted by Gasteiger charge is 2.14. The minimum atomic E-state index is -0.433. The number of aryl methyl sites for hydroxylation is 2. The van der Waals surface area contributed by atoms with Gasteiger partial charge in [0.2, 0.25) is 5.75 Å². The third-order valence-electron chi connectivity index (χ3n) is 4.36. The largest absolute Gasteiger partial charge is 0.457 e. The van der Waals surface area contributed by atoms with Crippen LogP contribution in [-0.2, 0) is 0 Å². The lowest BCUT2D eigenvalue weighted by Gasteiger charge is -2.12. The molecule has 0 spiro atoms. The van der Waals surface area contributed by atoms with Crippen molar-refractivity contribution in [3.63, 3.8) is 0 Å². The van der Waals surface area contributed by atoms with Gasteiger partial charge < -0.3 is 9.47 Å². The summed E-state index contributed by atoms with van der Waals surface area (Å²) in [5, 5.41) is 4.31. The molecule has 0 saturated carbocycles. The molecule has 0 amide bonds. The molecule has 0 N–H and O–H groups in total. The molecule has 30 heavy (non-hydrogen) atoms. The third-order valence-corrected chi connectivity index (χ3v) is 4.63. The van der Waals surface area contributed by atoms with Crippen molar-refractivity contribution in [2.45, 2.75) is 13.8 Å². The van der Waals surface area contributed by atoms with Crippen LogP contribution in [0.1, 0.15) is 11.1 Å². The number of para-hydroxylation sites is 1. The first-order valence-electron chi connectivity index (χ1n) is 9.37. The van der Waals surface area contributed by atoms with E-state index in [0.717, 1.165) is 16.9 Å². The smallest absolute Gasteiger partial charge is 0.316 e. The Balaban J connectivity index is 1.61. The minimum absolute atomic E-state index is 0.0163. The van der Waals surface area contributed by atoms with Gasteiger partial charge in [-0.05, 0) is 73.5 Å². The first-order valence-corrected chi connectivity index (χ1v) is 9.75. The van der Waals surface area contributed by atoms with E-state index in [0.29, 0.717) is 17.2 Å². The van der Waals surface area contributed by atoms with Gasteiger partial charge in [-0.15, -0.1) is 0 Å². The Morgan fingerprint density at radius 2 is 1.37 bits per heavy atom. The highest BCUT2D eigenvalue weighted by molar-refractivity contribution is 6.31. The van der Waals surface area contributed by atoms with Crippen molar-refractivity contribution in [2.24, 2.45) is 0 Å². The molecule has 150 valence electrons. The Bertz CT molecular complexity index is 1220. The molecule has 3 aromatic carbocycles. The fourth-order valence-corrected chi connectivity index (χ4v) is 3.25. The summed E-state index contributed by atoms with van der Waals surface area (Å²) in [5.41, 5.74) is 2.29. The number of halogens is 1. The molecular weight excluding hydrogens is 400 g/mol. The first-order chi connectivity index (χ1) is 14.5. The van der Waals surface area contributed by atoms with Crippen LogP contribution in [0.5, 0.6) is 23.0 Å². The molecule has 0 fully saturated rings.